The van der Waals surface area contributed by atoms with Crippen molar-refractivity contribution in [2.24, 2.45) is 5.73 Å². The van der Waals surface area contributed by atoms with E-state index in [0.717, 1.165) is 11.1 Å². The highest BCUT2D eigenvalue weighted by Gasteiger charge is 2.23. The number of aryl methyl sites for hydroxylation is 1. The maximum absolute atomic E-state index is 10.7. The minimum Gasteiger partial charge on any atom is -0.496 e. The molecule has 0 saturated carbocycles. The molecule has 0 heterocycles. The van der Waals surface area contributed by atoms with Gasteiger partial charge in [-0.05, 0) is 20.0 Å². The Morgan fingerprint density at radius 1 is 1.56 bits per heavy atom. The first-order valence-electron chi connectivity index (χ1n) is 5.78. The van der Waals surface area contributed by atoms with Crippen molar-refractivity contribution in [2.75, 3.05) is 14.2 Å². The minimum atomic E-state index is -0.908. The van der Waals surface area contributed by atoms with Crippen LogP contribution in [0, 0.1) is 6.92 Å². The fourth-order valence-corrected chi connectivity index (χ4v) is 2.02. The molecule has 2 unspecified atom stereocenters. The molecular weight excluding hydrogens is 232 g/mol. The van der Waals surface area contributed by atoms with Crippen molar-refractivity contribution < 1.29 is 14.6 Å². The number of nitrogens with two attached hydrogens (primary N) is 1. The van der Waals surface area contributed by atoms with E-state index in [-0.39, 0.29) is 12.5 Å². The first kappa shape index (κ1) is 14.5. The molecule has 0 fully saturated rings. The van der Waals surface area contributed by atoms with E-state index < -0.39 is 12.0 Å². The number of hydrogen-bond donors (Lipinski definition) is 3. The van der Waals surface area contributed by atoms with Crippen molar-refractivity contribution >= 4 is 5.97 Å². The zero-order chi connectivity index (χ0) is 13.7. The average molecular weight is 252 g/mol. The number of ether oxygens (including phenoxy) is 1. The van der Waals surface area contributed by atoms with Crippen LogP contribution in [0.5, 0.6) is 5.75 Å². The van der Waals surface area contributed by atoms with E-state index in [1.807, 2.05) is 25.1 Å². The van der Waals surface area contributed by atoms with Crippen LogP contribution in [0.25, 0.3) is 0 Å². The smallest absolute Gasteiger partial charge is 0.304 e. The standard InChI is InChI=1S/C13H20N2O3/c1-8-4-5-11(18-3)9(6-8)13(15-2)10(14)7-12(16)17/h4-6,10,13,15H,7,14H2,1-3H3,(H,16,17). The first-order valence-corrected chi connectivity index (χ1v) is 5.78. The second-order valence-corrected chi connectivity index (χ2v) is 4.27. The number of carboxylic acids is 1. The number of nitrogens with one attached hydrogen (secondary N) is 1. The molecule has 0 aliphatic rings. The summed E-state index contributed by atoms with van der Waals surface area (Å²) in [6, 6.07) is 5.00. The van der Waals surface area contributed by atoms with Crippen LogP contribution in [0.4, 0.5) is 0 Å². The third kappa shape index (κ3) is 3.45. The third-order valence-electron chi connectivity index (χ3n) is 2.87. The molecule has 18 heavy (non-hydrogen) atoms. The number of rotatable bonds is 6. The summed E-state index contributed by atoms with van der Waals surface area (Å²) in [4.78, 5) is 10.7. The maximum Gasteiger partial charge on any atom is 0.304 e. The van der Waals surface area contributed by atoms with Gasteiger partial charge in [0.15, 0.2) is 0 Å². The van der Waals surface area contributed by atoms with E-state index in [1.165, 1.54) is 0 Å². The van der Waals surface area contributed by atoms with Crippen LogP contribution >= 0.6 is 0 Å². The van der Waals surface area contributed by atoms with Crippen molar-refractivity contribution in [3.8, 4) is 5.75 Å². The molecule has 0 amide bonds. The quantitative estimate of drug-likeness (QED) is 0.705. The predicted octanol–water partition coefficient (Wildman–Crippen LogP) is 1.07. The normalized spacial score (nSPS) is 14.0. The monoisotopic (exact) mass is 252 g/mol. The molecule has 5 heteroatoms. The molecule has 0 saturated heterocycles. The number of benzene rings is 1. The summed E-state index contributed by atoms with van der Waals surface area (Å²) in [5, 5.41) is 11.9. The van der Waals surface area contributed by atoms with Gasteiger partial charge in [-0.15, -0.1) is 0 Å². The molecule has 0 spiro atoms. The lowest BCUT2D eigenvalue weighted by molar-refractivity contribution is -0.137. The maximum atomic E-state index is 10.7. The highest BCUT2D eigenvalue weighted by atomic mass is 16.5. The fraction of sp³-hybridized carbons (Fsp3) is 0.462. The van der Waals surface area contributed by atoms with Gasteiger partial charge in [-0.3, -0.25) is 4.79 Å². The summed E-state index contributed by atoms with van der Waals surface area (Å²) in [7, 11) is 3.34. The summed E-state index contributed by atoms with van der Waals surface area (Å²) in [6.07, 6.45) is -0.0946. The number of methoxy groups -OCH3 is 1. The van der Waals surface area contributed by atoms with Gasteiger partial charge in [0.25, 0.3) is 0 Å². The van der Waals surface area contributed by atoms with E-state index >= 15 is 0 Å². The van der Waals surface area contributed by atoms with Crippen LogP contribution in [0.2, 0.25) is 0 Å². The van der Waals surface area contributed by atoms with Gasteiger partial charge in [-0.1, -0.05) is 17.7 Å². The van der Waals surface area contributed by atoms with E-state index in [9.17, 15) is 4.79 Å². The van der Waals surface area contributed by atoms with E-state index in [0.29, 0.717) is 5.75 Å². The van der Waals surface area contributed by atoms with E-state index in [1.54, 1.807) is 14.2 Å². The van der Waals surface area contributed by atoms with Gasteiger partial charge in [0.05, 0.1) is 19.6 Å². The molecule has 0 radical (unpaired) electrons. The lowest BCUT2D eigenvalue weighted by Gasteiger charge is -2.24. The van der Waals surface area contributed by atoms with Crippen molar-refractivity contribution in [1.82, 2.24) is 5.32 Å². The Morgan fingerprint density at radius 3 is 2.72 bits per heavy atom. The Balaban J connectivity index is 3.07. The van der Waals surface area contributed by atoms with Crippen molar-refractivity contribution in [2.45, 2.75) is 25.4 Å². The highest BCUT2D eigenvalue weighted by molar-refractivity contribution is 5.67. The molecular formula is C13H20N2O3. The van der Waals surface area contributed by atoms with Gasteiger partial charge in [0, 0.05) is 11.6 Å². The molecule has 100 valence electrons. The summed E-state index contributed by atoms with van der Waals surface area (Å²) < 4.78 is 5.30. The number of hydrogen-bond acceptors (Lipinski definition) is 4. The third-order valence-corrected chi connectivity index (χ3v) is 2.87. The Morgan fingerprint density at radius 2 is 2.22 bits per heavy atom. The average Bonchev–Trinajstić information content (AvgIpc) is 2.29. The lowest BCUT2D eigenvalue weighted by atomic mass is 9.95. The second-order valence-electron chi connectivity index (χ2n) is 4.27. The molecule has 2 atom stereocenters. The van der Waals surface area contributed by atoms with Gasteiger partial charge < -0.3 is 20.9 Å². The summed E-state index contributed by atoms with van der Waals surface area (Å²) >= 11 is 0. The molecule has 0 aliphatic heterocycles. The van der Waals surface area contributed by atoms with E-state index in [4.69, 9.17) is 15.6 Å². The largest absolute Gasteiger partial charge is 0.496 e. The Labute approximate surface area is 107 Å². The zero-order valence-corrected chi connectivity index (χ0v) is 10.9. The van der Waals surface area contributed by atoms with Gasteiger partial charge in [-0.25, -0.2) is 0 Å². The second kappa shape index (κ2) is 6.37. The van der Waals surface area contributed by atoms with Gasteiger partial charge in [0.1, 0.15) is 5.75 Å². The lowest BCUT2D eigenvalue weighted by Crippen LogP contribution is -2.38. The summed E-state index contributed by atoms with van der Waals surface area (Å²) in [6.45, 7) is 1.97. The predicted molar refractivity (Wildman–Crippen MR) is 69.8 cm³/mol. The number of carboxylic acid groups (broad SMARTS) is 1. The molecule has 0 aliphatic carbocycles. The van der Waals surface area contributed by atoms with Crippen molar-refractivity contribution in [3.63, 3.8) is 0 Å². The van der Waals surface area contributed by atoms with Crippen molar-refractivity contribution in [3.05, 3.63) is 29.3 Å². The molecule has 0 aromatic heterocycles. The van der Waals surface area contributed by atoms with E-state index in [2.05, 4.69) is 5.32 Å². The van der Waals surface area contributed by atoms with Crippen LogP contribution in [0.3, 0.4) is 0 Å². The van der Waals surface area contributed by atoms with Crippen LogP contribution in [-0.4, -0.2) is 31.3 Å². The number of likely N-dealkylation sites (N-methyl/N-ethyl adjacent to an activating group) is 1. The van der Waals surface area contributed by atoms with Crippen LogP contribution in [-0.2, 0) is 4.79 Å². The summed E-state index contributed by atoms with van der Waals surface area (Å²) in [5.41, 5.74) is 7.90. The fourth-order valence-electron chi connectivity index (χ4n) is 2.02. The first-order chi connectivity index (χ1) is 8.49. The van der Waals surface area contributed by atoms with Gasteiger partial charge >= 0.3 is 5.97 Å². The van der Waals surface area contributed by atoms with Gasteiger partial charge in [-0.2, -0.15) is 0 Å². The molecule has 5 nitrogen and oxygen atoms in total. The molecule has 4 N–H and O–H groups in total. The number of aliphatic carboxylic acids is 1. The molecule has 1 rings (SSSR count). The van der Waals surface area contributed by atoms with Crippen LogP contribution in [0.1, 0.15) is 23.6 Å². The Kier molecular flexibility index (Phi) is 5.12. The molecule has 1 aromatic carbocycles. The Hall–Kier alpha value is -1.59. The Bertz CT molecular complexity index is 421. The number of carbonyl (C=O) groups is 1. The zero-order valence-electron chi connectivity index (χ0n) is 10.9. The van der Waals surface area contributed by atoms with Gasteiger partial charge in [0.2, 0.25) is 0 Å². The molecule has 1 aromatic rings. The SMILES string of the molecule is CNC(c1cc(C)ccc1OC)C(N)CC(=O)O. The summed E-state index contributed by atoms with van der Waals surface area (Å²) in [5.74, 6) is -0.199. The van der Waals surface area contributed by atoms with Crippen LogP contribution < -0.4 is 15.8 Å². The topological polar surface area (TPSA) is 84.6 Å². The molecule has 0 bridgehead atoms. The van der Waals surface area contributed by atoms with Crippen molar-refractivity contribution in [1.29, 1.82) is 0 Å². The highest BCUT2D eigenvalue weighted by Crippen LogP contribution is 2.28. The minimum absolute atomic E-state index is 0.0946. The van der Waals surface area contributed by atoms with Crippen LogP contribution in [0.15, 0.2) is 18.2 Å².